The number of alkyl halides is 6. The summed E-state index contributed by atoms with van der Waals surface area (Å²) in [7, 11) is 0. The SMILES string of the molecule is Cc1ncnc(C)c1N(c1cc(-c2nccc3cc(-c4ccc(C(C)(C)C)cc4)oc23)cc(C(F)(F)F)c1)c1cc(-c2nccc3cc(-c4ccc(C(C)(C)C)cc4)oc23)cc(C(F)(F)F)c1. The summed E-state index contributed by atoms with van der Waals surface area (Å²) in [5.41, 5.74) is 2.58. The molecule has 0 aliphatic heterocycles. The molecule has 340 valence electrons. The first kappa shape index (κ1) is 44.9. The molecule has 9 aromatic rings. The number of pyridine rings is 2. The van der Waals surface area contributed by atoms with E-state index in [0.29, 0.717) is 33.7 Å². The lowest BCUT2D eigenvalue weighted by Gasteiger charge is -2.29. The number of nitrogens with zero attached hydrogens (tertiary/aromatic N) is 5. The molecule has 7 nitrogen and oxygen atoms in total. The molecule has 67 heavy (non-hydrogen) atoms. The summed E-state index contributed by atoms with van der Waals surface area (Å²) < 4.78 is 104. The van der Waals surface area contributed by atoms with Crippen LogP contribution in [0.15, 0.2) is 137 Å². The normalized spacial score (nSPS) is 12.6. The van der Waals surface area contributed by atoms with E-state index in [4.69, 9.17) is 8.83 Å². The molecule has 0 fully saturated rings. The van der Waals surface area contributed by atoms with Gasteiger partial charge in [0, 0.05) is 56.8 Å². The number of benzene rings is 4. The van der Waals surface area contributed by atoms with Crippen molar-refractivity contribution in [2.45, 2.75) is 78.6 Å². The summed E-state index contributed by atoms with van der Waals surface area (Å²) >= 11 is 0. The molecule has 13 heteroatoms. The van der Waals surface area contributed by atoms with Crippen molar-refractivity contribution in [1.82, 2.24) is 19.9 Å². The van der Waals surface area contributed by atoms with Crippen molar-refractivity contribution in [3.8, 4) is 45.2 Å². The number of aryl methyl sites for hydroxylation is 2. The van der Waals surface area contributed by atoms with Gasteiger partial charge in [-0.3, -0.25) is 9.97 Å². The van der Waals surface area contributed by atoms with Gasteiger partial charge in [0.05, 0.1) is 28.2 Å². The van der Waals surface area contributed by atoms with Crippen LogP contribution in [0, 0.1) is 13.8 Å². The van der Waals surface area contributed by atoms with Crippen molar-refractivity contribution in [1.29, 1.82) is 0 Å². The number of hydrogen-bond donors (Lipinski definition) is 0. The van der Waals surface area contributed by atoms with Gasteiger partial charge in [0.2, 0.25) is 0 Å². The maximum Gasteiger partial charge on any atom is 0.416 e. The van der Waals surface area contributed by atoms with Crippen LogP contribution in [0.3, 0.4) is 0 Å². The Hall–Kier alpha value is -7.28. The van der Waals surface area contributed by atoms with E-state index >= 15 is 26.3 Å². The van der Waals surface area contributed by atoms with E-state index in [0.717, 1.165) is 46.5 Å². The van der Waals surface area contributed by atoms with Gasteiger partial charge >= 0.3 is 12.4 Å². The first-order chi connectivity index (χ1) is 31.5. The molecular formula is C54H45F6N5O2. The number of anilines is 3. The number of rotatable bonds is 7. The standard InChI is InChI=1S/C54H45F6N5O2/c1-30-48(31(2)64-29-63-30)65(42-23-36(21-40(27-42)53(55,56)57)46-49-34(17-19-61-46)25-44(66-49)32-9-13-38(14-10-32)51(3,4)5)43-24-37(22-41(28-43)54(58,59)60)47-50-35(18-20-62-47)26-45(67-50)33-11-15-39(16-12-33)52(6,7)8/h9-29H,1-8H3. The van der Waals surface area contributed by atoms with E-state index in [2.05, 4.69) is 61.5 Å². The number of aromatic nitrogens is 4. The lowest BCUT2D eigenvalue weighted by Crippen LogP contribution is -2.17. The van der Waals surface area contributed by atoms with Crippen LogP contribution in [-0.2, 0) is 23.2 Å². The minimum absolute atomic E-state index is 0.00819. The van der Waals surface area contributed by atoms with E-state index in [-0.39, 0.29) is 61.6 Å². The number of halogens is 6. The molecule has 9 rings (SSSR count). The number of furan rings is 2. The van der Waals surface area contributed by atoms with Gasteiger partial charge in [0.25, 0.3) is 0 Å². The summed E-state index contributed by atoms with van der Waals surface area (Å²) in [6.45, 7) is 15.8. The molecular weight excluding hydrogens is 865 g/mol. The molecule has 0 unspecified atom stereocenters. The van der Waals surface area contributed by atoms with Crippen molar-refractivity contribution in [3.05, 3.63) is 162 Å². The van der Waals surface area contributed by atoms with Crippen molar-refractivity contribution < 1.29 is 35.2 Å². The molecule has 0 aliphatic rings. The first-order valence-corrected chi connectivity index (χ1v) is 21.6. The summed E-state index contributed by atoms with van der Waals surface area (Å²) in [5, 5.41) is 1.18. The molecule has 4 aromatic carbocycles. The van der Waals surface area contributed by atoms with Crippen molar-refractivity contribution >= 4 is 39.0 Å². The maximum atomic E-state index is 15.1. The molecule has 0 saturated heterocycles. The van der Waals surface area contributed by atoms with E-state index in [1.807, 2.05) is 48.5 Å². The monoisotopic (exact) mass is 909 g/mol. The van der Waals surface area contributed by atoms with Gasteiger partial charge in [-0.2, -0.15) is 26.3 Å². The molecule has 0 atom stereocenters. The summed E-state index contributed by atoms with van der Waals surface area (Å²) in [6, 6.07) is 29.3. The van der Waals surface area contributed by atoms with Crippen LogP contribution in [0.25, 0.3) is 67.1 Å². The Morgan fingerprint density at radius 2 is 0.821 bits per heavy atom. The minimum Gasteiger partial charge on any atom is -0.454 e. The van der Waals surface area contributed by atoms with E-state index in [9.17, 15) is 0 Å². The largest absolute Gasteiger partial charge is 0.454 e. The van der Waals surface area contributed by atoms with Gasteiger partial charge in [-0.05, 0) is 96.5 Å². The Morgan fingerprint density at radius 3 is 1.18 bits per heavy atom. The highest BCUT2D eigenvalue weighted by Crippen LogP contribution is 2.47. The van der Waals surface area contributed by atoms with Crippen LogP contribution in [0.1, 0.15) is 75.2 Å². The van der Waals surface area contributed by atoms with E-state index < -0.39 is 23.5 Å². The van der Waals surface area contributed by atoms with Gasteiger partial charge in [0.15, 0.2) is 11.2 Å². The molecule has 0 N–H and O–H groups in total. The minimum atomic E-state index is -4.90. The maximum absolute atomic E-state index is 15.1. The predicted octanol–water partition coefficient (Wildman–Crippen LogP) is 16.1. The smallest absolute Gasteiger partial charge is 0.416 e. The van der Waals surface area contributed by atoms with Crippen LogP contribution in [0.2, 0.25) is 0 Å². The van der Waals surface area contributed by atoms with Gasteiger partial charge in [0.1, 0.15) is 29.2 Å². The average molecular weight is 910 g/mol. The van der Waals surface area contributed by atoms with E-state index in [1.54, 1.807) is 38.1 Å². The summed E-state index contributed by atoms with van der Waals surface area (Å²) in [5.74, 6) is 0.960. The van der Waals surface area contributed by atoms with E-state index in [1.165, 1.54) is 35.8 Å². The summed E-state index contributed by atoms with van der Waals surface area (Å²) in [6.07, 6.45) is -5.55. The highest BCUT2D eigenvalue weighted by molar-refractivity contribution is 5.96. The van der Waals surface area contributed by atoms with Gasteiger partial charge < -0.3 is 13.7 Å². The highest BCUT2D eigenvalue weighted by Gasteiger charge is 2.36. The zero-order chi connectivity index (χ0) is 47.8. The quantitative estimate of drug-likeness (QED) is 0.147. The topological polar surface area (TPSA) is 81.1 Å². The molecule has 0 amide bonds. The van der Waals surface area contributed by atoms with Gasteiger partial charge in [-0.25, -0.2) is 9.97 Å². The second-order valence-electron chi connectivity index (χ2n) is 18.8. The Bertz CT molecular complexity index is 3100. The molecule has 5 aromatic heterocycles. The molecule has 5 heterocycles. The van der Waals surface area contributed by atoms with Gasteiger partial charge in [-0.15, -0.1) is 0 Å². The molecule has 0 bridgehead atoms. The fraction of sp³-hybridized carbons (Fsp3) is 0.222. The highest BCUT2D eigenvalue weighted by atomic mass is 19.4. The first-order valence-electron chi connectivity index (χ1n) is 21.6. The van der Waals surface area contributed by atoms with Crippen LogP contribution < -0.4 is 4.90 Å². The summed E-state index contributed by atoms with van der Waals surface area (Å²) in [4.78, 5) is 19.1. The Morgan fingerprint density at radius 1 is 0.433 bits per heavy atom. The Kier molecular flexibility index (Phi) is 10.9. The third-order valence-electron chi connectivity index (χ3n) is 11.9. The zero-order valence-electron chi connectivity index (χ0n) is 37.9. The van der Waals surface area contributed by atoms with Crippen LogP contribution in [0.5, 0.6) is 0 Å². The Labute approximate surface area is 383 Å². The zero-order valence-corrected chi connectivity index (χ0v) is 37.9. The lowest BCUT2D eigenvalue weighted by atomic mass is 9.86. The number of fused-ring (bicyclic) bond motifs is 2. The number of hydrogen-bond acceptors (Lipinski definition) is 7. The van der Waals surface area contributed by atoms with Gasteiger partial charge in [-0.1, -0.05) is 90.1 Å². The third kappa shape index (κ3) is 8.78. The van der Waals surface area contributed by atoms with Crippen molar-refractivity contribution in [2.24, 2.45) is 0 Å². The third-order valence-corrected chi connectivity index (χ3v) is 11.9. The van der Waals surface area contributed by atoms with Crippen LogP contribution >= 0.6 is 0 Å². The lowest BCUT2D eigenvalue weighted by molar-refractivity contribution is -0.138. The van der Waals surface area contributed by atoms with Crippen LogP contribution in [-0.4, -0.2) is 19.9 Å². The molecule has 0 spiro atoms. The second kappa shape index (κ2) is 16.3. The van der Waals surface area contributed by atoms with Crippen LogP contribution in [0.4, 0.5) is 43.4 Å². The molecule has 0 aliphatic carbocycles. The molecule has 0 radical (unpaired) electrons. The second-order valence-corrected chi connectivity index (χ2v) is 18.8. The van der Waals surface area contributed by atoms with Crippen molar-refractivity contribution in [2.75, 3.05) is 4.90 Å². The predicted molar refractivity (Wildman–Crippen MR) is 250 cm³/mol. The average Bonchev–Trinajstić information content (AvgIpc) is 3.92. The fourth-order valence-corrected chi connectivity index (χ4v) is 8.29. The molecule has 0 saturated carbocycles. The Balaban J connectivity index is 1.24. The van der Waals surface area contributed by atoms with Crippen molar-refractivity contribution in [3.63, 3.8) is 0 Å². The fourth-order valence-electron chi connectivity index (χ4n) is 8.29.